The van der Waals surface area contributed by atoms with Crippen LogP contribution < -0.4 is 5.32 Å². The fourth-order valence-corrected chi connectivity index (χ4v) is 3.02. The molecule has 16 heavy (non-hydrogen) atoms. The Balaban J connectivity index is 1.86. The number of nitrogens with one attached hydrogen (secondary N) is 1. The number of benzene rings is 1. The maximum atomic E-state index is 10.7. The van der Waals surface area contributed by atoms with Crippen molar-refractivity contribution in [3.8, 4) is 0 Å². The van der Waals surface area contributed by atoms with Crippen molar-refractivity contribution in [1.29, 1.82) is 0 Å². The highest BCUT2D eigenvalue weighted by Gasteiger charge is 2.22. The van der Waals surface area contributed by atoms with Gasteiger partial charge in [-0.25, -0.2) is 0 Å². The van der Waals surface area contributed by atoms with Gasteiger partial charge in [-0.05, 0) is 25.0 Å². The minimum Gasteiger partial charge on any atom is -0.480 e. The van der Waals surface area contributed by atoms with Gasteiger partial charge < -0.3 is 10.4 Å². The molecular formula is C12H15NO2S. The molecule has 2 atom stereocenters. The number of carboxylic acid groups (broad SMARTS) is 1. The van der Waals surface area contributed by atoms with Gasteiger partial charge >= 0.3 is 5.97 Å². The van der Waals surface area contributed by atoms with Crippen molar-refractivity contribution in [2.75, 3.05) is 6.54 Å². The molecule has 0 fully saturated rings. The van der Waals surface area contributed by atoms with Crippen LogP contribution in [0.4, 0.5) is 0 Å². The van der Waals surface area contributed by atoms with Gasteiger partial charge in [0.05, 0.1) is 0 Å². The van der Waals surface area contributed by atoms with E-state index in [0.29, 0.717) is 5.25 Å². The van der Waals surface area contributed by atoms with Crippen molar-refractivity contribution >= 4 is 17.7 Å². The van der Waals surface area contributed by atoms with E-state index in [9.17, 15) is 4.79 Å². The summed E-state index contributed by atoms with van der Waals surface area (Å²) < 4.78 is 0. The molecule has 0 saturated heterocycles. The average molecular weight is 237 g/mol. The van der Waals surface area contributed by atoms with Crippen LogP contribution in [0.15, 0.2) is 29.2 Å². The van der Waals surface area contributed by atoms with Gasteiger partial charge in [-0.3, -0.25) is 4.79 Å². The van der Waals surface area contributed by atoms with Crippen molar-refractivity contribution in [3.05, 3.63) is 29.8 Å². The van der Waals surface area contributed by atoms with Crippen molar-refractivity contribution < 1.29 is 9.90 Å². The molecule has 0 spiro atoms. The van der Waals surface area contributed by atoms with Gasteiger partial charge in [0, 0.05) is 16.7 Å². The van der Waals surface area contributed by atoms with E-state index in [1.54, 1.807) is 6.92 Å². The van der Waals surface area contributed by atoms with Crippen LogP contribution in [0.2, 0.25) is 0 Å². The van der Waals surface area contributed by atoms with Crippen molar-refractivity contribution in [3.63, 3.8) is 0 Å². The lowest BCUT2D eigenvalue weighted by Crippen LogP contribution is -2.37. The molecule has 2 N–H and O–H groups in total. The predicted molar refractivity (Wildman–Crippen MR) is 64.9 cm³/mol. The molecule has 1 aromatic carbocycles. The zero-order valence-electron chi connectivity index (χ0n) is 9.14. The zero-order valence-corrected chi connectivity index (χ0v) is 9.96. The maximum absolute atomic E-state index is 10.7. The fraction of sp³-hybridized carbons (Fsp3) is 0.417. The first kappa shape index (κ1) is 11.5. The van der Waals surface area contributed by atoms with Crippen LogP contribution in [0.3, 0.4) is 0 Å². The molecule has 2 unspecified atom stereocenters. The molecule has 4 heteroatoms. The Morgan fingerprint density at radius 1 is 1.62 bits per heavy atom. The monoisotopic (exact) mass is 237 g/mol. The third-order valence-corrected chi connectivity index (χ3v) is 4.05. The number of hydrogen-bond donors (Lipinski definition) is 2. The van der Waals surface area contributed by atoms with Gasteiger partial charge in [0.15, 0.2) is 0 Å². The standard InChI is InChI=1S/C12H15NO2S/c1-8(12(14)15)13-7-10-6-9-4-2-3-5-11(9)16-10/h2-5,8,10,13H,6-7H2,1H3,(H,14,15). The second-order valence-corrected chi connectivity index (χ2v) is 5.36. The van der Waals surface area contributed by atoms with Gasteiger partial charge in [0.1, 0.15) is 6.04 Å². The molecule has 1 aromatic rings. The van der Waals surface area contributed by atoms with Gasteiger partial charge in [0.2, 0.25) is 0 Å². The van der Waals surface area contributed by atoms with E-state index in [2.05, 4.69) is 23.5 Å². The Morgan fingerprint density at radius 2 is 2.38 bits per heavy atom. The third-order valence-electron chi connectivity index (χ3n) is 2.74. The molecule has 1 aliphatic heterocycles. The minimum absolute atomic E-state index is 0.458. The molecule has 1 aliphatic rings. The minimum atomic E-state index is -0.791. The first-order valence-corrected chi connectivity index (χ1v) is 6.25. The molecular weight excluding hydrogens is 222 g/mol. The van der Waals surface area contributed by atoms with E-state index in [-0.39, 0.29) is 0 Å². The molecule has 2 rings (SSSR count). The molecule has 1 heterocycles. The lowest BCUT2D eigenvalue weighted by atomic mass is 10.1. The zero-order chi connectivity index (χ0) is 11.5. The Hall–Kier alpha value is -1.00. The fourth-order valence-electron chi connectivity index (χ4n) is 1.76. The van der Waals surface area contributed by atoms with Crippen molar-refractivity contribution in [2.24, 2.45) is 0 Å². The first-order chi connectivity index (χ1) is 7.66. The van der Waals surface area contributed by atoms with Crippen molar-refractivity contribution in [1.82, 2.24) is 5.32 Å². The summed E-state index contributed by atoms with van der Waals surface area (Å²) in [5, 5.41) is 12.3. The SMILES string of the molecule is CC(NCC1Cc2ccccc2S1)C(=O)O. The summed E-state index contributed by atoms with van der Waals surface area (Å²) in [5.74, 6) is -0.791. The largest absolute Gasteiger partial charge is 0.480 e. The summed E-state index contributed by atoms with van der Waals surface area (Å²) in [5.41, 5.74) is 1.38. The summed E-state index contributed by atoms with van der Waals surface area (Å²) in [6.07, 6.45) is 1.03. The number of carboxylic acids is 1. The number of aliphatic carboxylic acids is 1. The summed E-state index contributed by atoms with van der Waals surface area (Å²) in [7, 11) is 0. The Kier molecular flexibility index (Phi) is 3.51. The average Bonchev–Trinajstić information content (AvgIpc) is 2.68. The van der Waals surface area contributed by atoms with Crippen LogP contribution in [0.25, 0.3) is 0 Å². The van der Waals surface area contributed by atoms with Gasteiger partial charge in [-0.15, -0.1) is 11.8 Å². The van der Waals surface area contributed by atoms with Crippen LogP contribution in [0.5, 0.6) is 0 Å². The summed E-state index contributed by atoms with van der Waals surface area (Å²) in [6.45, 7) is 2.42. The van der Waals surface area contributed by atoms with Crippen LogP contribution in [0, 0.1) is 0 Å². The summed E-state index contributed by atoms with van der Waals surface area (Å²) >= 11 is 1.83. The third kappa shape index (κ3) is 2.57. The van der Waals surface area contributed by atoms with Crippen LogP contribution in [-0.4, -0.2) is 28.9 Å². The summed E-state index contributed by atoms with van der Waals surface area (Å²) in [4.78, 5) is 12.0. The number of hydrogen-bond acceptors (Lipinski definition) is 3. The highest BCUT2D eigenvalue weighted by molar-refractivity contribution is 8.00. The molecule has 0 saturated carbocycles. The smallest absolute Gasteiger partial charge is 0.320 e. The van der Waals surface area contributed by atoms with Crippen LogP contribution >= 0.6 is 11.8 Å². The van der Waals surface area contributed by atoms with E-state index in [0.717, 1.165) is 13.0 Å². The normalized spacial score (nSPS) is 20.4. The molecule has 0 aromatic heterocycles. The van der Waals surface area contributed by atoms with Gasteiger partial charge in [-0.1, -0.05) is 18.2 Å². The summed E-state index contributed by atoms with van der Waals surface area (Å²) in [6, 6.07) is 7.89. The van der Waals surface area contributed by atoms with Gasteiger partial charge in [0.25, 0.3) is 0 Å². The first-order valence-electron chi connectivity index (χ1n) is 5.37. The molecule has 3 nitrogen and oxygen atoms in total. The highest BCUT2D eigenvalue weighted by atomic mass is 32.2. The number of thioether (sulfide) groups is 1. The Bertz CT molecular complexity index is 369. The number of carbonyl (C=O) groups is 1. The van der Waals surface area contributed by atoms with E-state index >= 15 is 0 Å². The number of fused-ring (bicyclic) bond motifs is 1. The molecule has 0 bridgehead atoms. The maximum Gasteiger partial charge on any atom is 0.320 e. The van der Waals surface area contributed by atoms with E-state index in [1.807, 2.05) is 17.8 Å². The molecule has 0 radical (unpaired) electrons. The second-order valence-electron chi connectivity index (χ2n) is 4.02. The molecule has 0 amide bonds. The van der Waals surface area contributed by atoms with Crippen LogP contribution in [0.1, 0.15) is 12.5 Å². The topological polar surface area (TPSA) is 49.3 Å². The molecule has 0 aliphatic carbocycles. The lowest BCUT2D eigenvalue weighted by molar-refractivity contribution is -0.138. The van der Waals surface area contributed by atoms with Crippen LogP contribution in [-0.2, 0) is 11.2 Å². The quantitative estimate of drug-likeness (QED) is 0.838. The van der Waals surface area contributed by atoms with E-state index < -0.39 is 12.0 Å². The van der Waals surface area contributed by atoms with Crippen molar-refractivity contribution in [2.45, 2.75) is 29.5 Å². The second kappa shape index (κ2) is 4.89. The van der Waals surface area contributed by atoms with Gasteiger partial charge in [-0.2, -0.15) is 0 Å². The highest BCUT2D eigenvalue weighted by Crippen LogP contribution is 2.36. The van der Waals surface area contributed by atoms with E-state index in [4.69, 9.17) is 5.11 Å². The number of rotatable bonds is 4. The lowest BCUT2D eigenvalue weighted by Gasteiger charge is -2.12. The Labute approximate surface area is 99.2 Å². The Morgan fingerprint density at radius 3 is 3.06 bits per heavy atom. The van der Waals surface area contributed by atoms with E-state index in [1.165, 1.54) is 10.5 Å². The molecule has 86 valence electrons. The predicted octanol–water partition coefficient (Wildman–Crippen LogP) is 1.77.